The van der Waals surface area contributed by atoms with Gasteiger partial charge in [0.15, 0.2) is 0 Å². The van der Waals surface area contributed by atoms with Crippen molar-refractivity contribution in [2.24, 2.45) is 0 Å². The molecular weight excluding hydrogens is 699 g/mol. The highest BCUT2D eigenvalue weighted by Gasteiger charge is 2.42. The molecule has 0 spiro atoms. The molecule has 0 radical (unpaired) electrons. The summed E-state index contributed by atoms with van der Waals surface area (Å²) in [7, 11) is -7.69. The molecule has 0 unspecified atom stereocenters. The van der Waals surface area contributed by atoms with Crippen LogP contribution in [0.15, 0.2) is 69.6 Å². The Kier molecular flexibility index (Phi) is 8.67. The van der Waals surface area contributed by atoms with Crippen LogP contribution in [0.4, 0.5) is 21.0 Å². The number of carbonyl (C=O) groups is 3. The van der Waals surface area contributed by atoms with Gasteiger partial charge in [-0.25, -0.2) is 26.4 Å². The average molecular weight is 738 g/mol. The summed E-state index contributed by atoms with van der Waals surface area (Å²) in [6.45, 7) is 1.11. The molecule has 1 aliphatic carbocycles. The number of hydrogen-bond donors (Lipinski definition) is 1. The van der Waals surface area contributed by atoms with Crippen LogP contribution in [0.3, 0.4) is 0 Å². The molecule has 2 fully saturated rings. The Bertz CT molecular complexity index is 2080. The highest BCUT2D eigenvalue weighted by Crippen LogP contribution is 2.39. The predicted molar refractivity (Wildman–Crippen MR) is 185 cm³/mol. The minimum Gasteiger partial charge on any atom is -0.445 e. The average Bonchev–Trinajstić information content (AvgIpc) is 3.14. The fourth-order valence-corrected chi connectivity index (χ4v) is 11.2. The van der Waals surface area contributed by atoms with E-state index in [-0.39, 0.29) is 73.6 Å². The van der Waals surface area contributed by atoms with Gasteiger partial charge in [-0.05, 0) is 86.4 Å². The van der Waals surface area contributed by atoms with Crippen LogP contribution in [-0.4, -0.2) is 93.3 Å². The molecule has 0 atom stereocenters. The molecule has 14 nitrogen and oxygen atoms in total. The predicted octanol–water partition coefficient (Wildman–Crippen LogP) is 4.06. The summed E-state index contributed by atoms with van der Waals surface area (Å²) in [5, 5.41) is 2.77. The van der Waals surface area contributed by atoms with E-state index in [4.69, 9.17) is 9.47 Å². The van der Waals surface area contributed by atoms with Gasteiger partial charge in [-0.15, -0.1) is 0 Å². The van der Waals surface area contributed by atoms with Gasteiger partial charge in [0.2, 0.25) is 26.0 Å². The van der Waals surface area contributed by atoms with E-state index in [0.717, 1.165) is 22.4 Å². The number of allylic oxidation sites excluding steroid dienone is 2. The summed E-state index contributed by atoms with van der Waals surface area (Å²) in [6, 6.07) is 11.7. The molecule has 6 aliphatic rings. The van der Waals surface area contributed by atoms with Crippen molar-refractivity contribution in [3.63, 3.8) is 0 Å². The van der Waals surface area contributed by atoms with Crippen LogP contribution in [0.1, 0.15) is 56.1 Å². The first kappa shape index (κ1) is 33.9. The molecular formula is C35H39N5O9S2. The number of carbonyl (C=O) groups excluding carboxylic acids is 3. The van der Waals surface area contributed by atoms with Crippen LogP contribution < -0.4 is 10.2 Å². The van der Waals surface area contributed by atoms with Gasteiger partial charge in [0, 0.05) is 55.9 Å². The molecule has 5 heterocycles. The van der Waals surface area contributed by atoms with Crippen molar-refractivity contribution >= 4 is 49.5 Å². The lowest BCUT2D eigenvalue weighted by Gasteiger charge is -2.42. The van der Waals surface area contributed by atoms with Crippen molar-refractivity contribution in [3.05, 3.63) is 75.8 Å². The van der Waals surface area contributed by atoms with E-state index < -0.39 is 32.2 Å². The van der Waals surface area contributed by atoms with E-state index in [2.05, 4.69) is 5.32 Å². The maximum absolute atomic E-state index is 14.0. The number of amides is 3. The fraction of sp³-hybridized carbons (Fsp3) is 0.457. The number of fused-ring (bicyclic) bond motifs is 2. The first-order valence-corrected chi connectivity index (χ1v) is 20.2. The smallest absolute Gasteiger partial charge is 0.414 e. The van der Waals surface area contributed by atoms with Gasteiger partial charge < -0.3 is 14.8 Å². The molecule has 8 rings (SSSR count). The second-order valence-corrected chi connectivity index (χ2v) is 17.6. The summed E-state index contributed by atoms with van der Waals surface area (Å²) in [5.74, 6) is -0.0958. The van der Waals surface area contributed by atoms with Crippen LogP contribution in [0.5, 0.6) is 0 Å². The lowest BCUT2D eigenvalue weighted by atomic mass is 9.97. The Labute approximate surface area is 296 Å². The van der Waals surface area contributed by atoms with Crippen molar-refractivity contribution in [2.75, 3.05) is 43.0 Å². The van der Waals surface area contributed by atoms with Gasteiger partial charge in [0.05, 0.1) is 21.2 Å². The van der Waals surface area contributed by atoms with Crippen LogP contribution in [0.25, 0.3) is 0 Å². The number of hydrogen-bond acceptors (Lipinski definition) is 9. The highest BCUT2D eigenvalue weighted by atomic mass is 32.2. The van der Waals surface area contributed by atoms with Crippen molar-refractivity contribution in [3.8, 4) is 0 Å². The van der Waals surface area contributed by atoms with Crippen molar-refractivity contribution < 1.29 is 40.7 Å². The Hall–Kier alpha value is -4.25. The van der Waals surface area contributed by atoms with E-state index in [1.165, 1.54) is 19.6 Å². The Morgan fingerprint density at radius 3 is 2.06 bits per heavy atom. The molecule has 51 heavy (non-hydrogen) atoms. The first-order chi connectivity index (χ1) is 24.5. The second-order valence-electron chi connectivity index (χ2n) is 13.7. The largest absolute Gasteiger partial charge is 0.445 e. The number of cyclic esters (lactones) is 2. The third-order valence-electron chi connectivity index (χ3n) is 10.8. The topological polar surface area (TPSA) is 163 Å². The Morgan fingerprint density at radius 2 is 1.31 bits per heavy atom. The molecule has 16 heteroatoms. The minimum absolute atomic E-state index is 0.0826. The summed E-state index contributed by atoms with van der Waals surface area (Å²) in [6.07, 6.45) is 3.66. The number of piperidine rings is 2. The fourth-order valence-electron chi connectivity index (χ4n) is 8.02. The first-order valence-electron chi connectivity index (χ1n) is 17.4. The SMILES string of the molecule is O=C1CCc2cc(S(=O)(=O)N3CCC(N4C(=O)OCC5=C4C=C(S(=O)(=O)N4CCC(N6C(=O)OCc7ccccc76)CC4)CC5)CC3)ccc2N1. The van der Waals surface area contributed by atoms with Crippen LogP contribution in [0.2, 0.25) is 0 Å². The number of ether oxygens (including phenoxy) is 2. The molecule has 0 saturated carbocycles. The van der Waals surface area contributed by atoms with Crippen molar-refractivity contribution in [1.82, 2.24) is 13.5 Å². The molecule has 0 aromatic heterocycles. The number of nitrogens with one attached hydrogen (secondary N) is 1. The van der Waals surface area contributed by atoms with Crippen LogP contribution in [-0.2, 0) is 47.3 Å². The summed E-state index contributed by atoms with van der Waals surface area (Å²) in [4.78, 5) is 41.3. The molecule has 3 amide bonds. The van der Waals surface area contributed by atoms with Gasteiger partial charge in [-0.1, -0.05) is 18.2 Å². The zero-order valence-corrected chi connectivity index (χ0v) is 29.6. The van der Waals surface area contributed by atoms with Gasteiger partial charge in [-0.3, -0.25) is 14.6 Å². The zero-order chi connectivity index (χ0) is 35.5. The standard InChI is InChI=1S/C35H39N5O9S2/c41-33-10-6-23-19-28(8-9-30(23)36-33)50(44,45)37-17-13-27(14-18-37)40-32-20-29(7-5-25(32)22-49-35(40)43)51(46,47)38-15-11-26(12-16-38)39-31-4-2-1-3-24(31)21-48-34(39)42/h1-4,8-9,19-20,26-27H,5-7,10-18,21-22H2,(H,36,41). The molecule has 0 bridgehead atoms. The number of sulfonamides is 2. The molecule has 2 aromatic rings. The zero-order valence-electron chi connectivity index (χ0n) is 28.0. The monoisotopic (exact) mass is 737 g/mol. The van der Waals surface area contributed by atoms with E-state index in [9.17, 15) is 31.2 Å². The van der Waals surface area contributed by atoms with Crippen molar-refractivity contribution in [1.29, 1.82) is 0 Å². The number of nitrogens with zero attached hydrogens (tertiary/aromatic N) is 4. The van der Waals surface area contributed by atoms with Crippen LogP contribution in [0, 0.1) is 0 Å². The second kappa shape index (κ2) is 13.1. The van der Waals surface area contributed by atoms with Gasteiger partial charge in [-0.2, -0.15) is 8.61 Å². The van der Waals surface area contributed by atoms with Gasteiger partial charge in [0.1, 0.15) is 13.2 Å². The van der Waals surface area contributed by atoms with E-state index in [1.54, 1.807) is 23.1 Å². The van der Waals surface area contributed by atoms with E-state index >= 15 is 0 Å². The number of anilines is 2. The summed E-state index contributed by atoms with van der Waals surface area (Å²) < 4.78 is 69.1. The summed E-state index contributed by atoms with van der Waals surface area (Å²) in [5.41, 5.74) is 4.48. The lowest BCUT2D eigenvalue weighted by Crippen LogP contribution is -2.51. The Balaban J connectivity index is 0.953. The third-order valence-corrected chi connectivity index (χ3v) is 14.7. The maximum atomic E-state index is 14.0. The van der Waals surface area contributed by atoms with E-state index in [1.807, 2.05) is 24.3 Å². The quantitative estimate of drug-likeness (QED) is 0.461. The molecule has 2 aromatic carbocycles. The number of rotatable bonds is 6. The Morgan fingerprint density at radius 1 is 0.667 bits per heavy atom. The highest BCUT2D eigenvalue weighted by molar-refractivity contribution is 7.93. The number of para-hydroxylation sites is 1. The maximum Gasteiger partial charge on any atom is 0.414 e. The molecule has 1 N–H and O–H groups in total. The number of benzene rings is 2. The van der Waals surface area contributed by atoms with Crippen LogP contribution >= 0.6 is 0 Å². The lowest BCUT2D eigenvalue weighted by molar-refractivity contribution is -0.116. The summed E-state index contributed by atoms with van der Waals surface area (Å²) >= 11 is 0. The molecule has 5 aliphatic heterocycles. The van der Waals surface area contributed by atoms with Crippen molar-refractivity contribution in [2.45, 2.75) is 75.0 Å². The van der Waals surface area contributed by atoms with E-state index in [0.29, 0.717) is 56.3 Å². The molecule has 2 saturated heterocycles. The number of aryl methyl sites for hydroxylation is 1. The third kappa shape index (κ3) is 6.11. The normalized spacial score (nSPS) is 22.7. The molecule has 270 valence electrons. The van der Waals surface area contributed by atoms with Gasteiger partial charge in [0.25, 0.3) is 0 Å². The minimum atomic E-state index is -3.87. The van der Waals surface area contributed by atoms with Gasteiger partial charge >= 0.3 is 12.2 Å².